The SMILES string of the molecule is COc1ccc(COC(=O)C2=C(C=Cc3cncs3)CS[C@@H]3C(NC(=O)C(=NOC(c4ccccc4)(c4ccccc4)c4ccccc4)c4csc(NC(c5ccccc5)(c5ccccc5)c5ccccc5)n4)C(=O)N23)cc1. The average Bonchev–Trinajstić information content (AvgIpc) is 4.34. The number of nitrogens with one attached hydrogen (secondary N) is 2. The van der Waals surface area contributed by atoms with Crippen molar-refractivity contribution < 1.29 is 28.7 Å². The topological polar surface area (TPSA) is 144 Å². The zero-order chi connectivity index (χ0) is 53.3. The largest absolute Gasteiger partial charge is 0.497 e. The maximum Gasteiger partial charge on any atom is 0.355 e. The van der Waals surface area contributed by atoms with Crippen molar-refractivity contribution >= 4 is 69.1 Å². The molecule has 2 N–H and O–H groups in total. The second-order valence-electron chi connectivity index (χ2n) is 18.2. The Hall–Kier alpha value is -8.89. The summed E-state index contributed by atoms with van der Waals surface area (Å²) in [6.45, 7) is -0.0396. The third-order valence-electron chi connectivity index (χ3n) is 13.6. The number of nitrogens with zero attached hydrogens (tertiary/aromatic N) is 4. The van der Waals surface area contributed by atoms with E-state index in [0.717, 1.165) is 43.8 Å². The van der Waals surface area contributed by atoms with Gasteiger partial charge in [0.05, 0.1) is 12.6 Å². The number of β-lactam (4-membered cyclic amide) rings is 1. The van der Waals surface area contributed by atoms with Crippen molar-refractivity contribution in [3.05, 3.63) is 290 Å². The van der Waals surface area contributed by atoms with Gasteiger partial charge < -0.3 is 24.9 Å². The summed E-state index contributed by atoms with van der Waals surface area (Å²) in [6, 6.07) is 65.8. The van der Waals surface area contributed by atoms with E-state index in [1.54, 1.807) is 36.3 Å². The van der Waals surface area contributed by atoms with Gasteiger partial charge in [-0.2, -0.15) is 0 Å². The zero-order valence-electron chi connectivity index (χ0n) is 42.0. The molecule has 0 radical (unpaired) electrons. The molecular weight excluding hydrogens is 1030 g/mol. The number of esters is 1. The van der Waals surface area contributed by atoms with Crippen LogP contribution in [0.2, 0.25) is 0 Å². The van der Waals surface area contributed by atoms with Crippen molar-refractivity contribution in [3.63, 3.8) is 0 Å². The van der Waals surface area contributed by atoms with Gasteiger partial charge in [-0.1, -0.05) is 205 Å². The number of hydrogen-bond donors (Lipinski definition) is 2. The number of thioether (sulfide) groups is 1. The second kappa shape index (κ2) is 23.2. The third-order valence-corrected chi connectivity index (χ3v) is 16.4. The van der Waals surface area contributed by atoms with E-state index >= 15 is 4.79 Å². The Labute approximate surface area is 463 Å². The highest BCUT2D eigenvalue weighted by molar-refractivity contribution is 8.00. The van der Waals surface area contributed by atoms with Crippen LogP contribution < -0.4 is 15.4 Å². The molecule has 9 aromatic rings. The van der Waals surface area contributed by atoms with Crippen molar-refractivity contribution in [2.75, 3.05) is 18.2 Å². The number of oxime groups is 1. The first kappa shape index (κ1) is 51.2. The van der Waals surface area contributed by atoms with Gasteiger partial charge in [-0.3, -0.25) is 19.5 Å². The lowest BCUT2D eigenvalue weighted by molar-refractivity contribution is -0.153. The number of carbonyl (C=O) groups excluding carboxylic acids is 3. The highest BCUT2D eigenvalue weighted by Crippen LogP contribution is 2.44. The zero-order valence-corrected chi connectivity index (χ0v) is 44.5. The summed E-state index contributed by atoms with van der Waals surface area (Å²) in [4.78, 5) is 62.9. The number of benzene rings is 7. The van der Waals surface area contributed by atoms with E-state index in [9.17, 15) is 9.59 Å². The molecule has 1 fully saturated rings. The Morgan fingerprint density at radius 1 is 0.692 bits per heavy atom. The molecule has 2 aliphatic rings. The van der Waals surface area contributed by atoms with Gasteiger partial charge in [-0.05, 0) is 46.0 Å². The number of carbonyl (C=O) groups is 3. The monoisotopic (exact) mass is 1080 g/mol. The normalized spacial score (nSPS) is 15.5. The number of allylic oxidation sites excluding steroid dienone is 1. The minimum absolute atomic E-state index is 0.0396. The number of amides is 2. The Balaban J connectivity index is 0.980. The van der Waals surface area contributed by atoms with E-state index in [2.05, 4.69) is 52.0 Å². The quantitative estimate of drug-likeness (QED) is 0.0264. The number of aromatic nitrogens is 2. The summed E-state index contributed by atoms with van der Waals surface area (Å²) in [5.41, 5.74) is 6.04. The van der Waals surface area contributed by atoms with Gasteiger partial charge >= 0.3 is 5.97 Å². The van der Waals surface area contributed by atoms with Crippen LogP contribution in [-0.4, -0.2) is 62.6 Å². The van der Waals surface area contributed by atoms with Crippen LogP contribution in [0, 0.1) is 0 Å². The van der Waals surface area contributed by atoms with Crippen molar-refractivity contribution in [2.45, 2.75) is 29.2 Å². The molecule has 7 aromatic carbocycles. The Morgan fingerprint density at radius 3 is 1.72 bits per heavy atom. The van der Waals surface area contributed by atoms with E-state index in [1.165, 1.54) is 39.3 Å². The summed E-state index contributed by atoms with van der Waals surface area (Å²) in [5.74, 6) is -0.869. The molecule has 12 nitrogen and oxygen atoms in total. The van der Waals surface area contributed by atoms with Crippen LogP contribution in [0.1, 0.15) is 49.5 Å². The van der Waals surface area contributed by atoms with E-state index in [0.29, 0.717) is 22.2 Å². The predicted molar refractivity (Wildman–Crippen MR) is 308 cm³/mol. The fourth-order valence-corrected chi connectivity index (χ4v) is 12.4. The van der Waals surface area contributed by atoms with E-state index < -0.39 is 40.3 Å². The summed E-state index contributed by atoms with van der Waals surface area (Å²) < 4.78 is 11.2. The predicted octanol–water partition coefficient (Wildman–Crippen LogP) is 11.8. The lowest BCUT2D eigenvalue weighted by atomic mass is 9.77. The number of rotatable bonds is 19. The lowest BCUT2D eigenvalue weighted by Crippen LogP contribution is -2.71. The van der Waals surface area contributed by atoms with Crippen molar-refractivity contribution in [2.24, 2.45) is 5.16 Å². The number of anilines is 1. The molecule has 0 spiro atoms. The average molecular weight is 1080 g/mol. The molecule has 2 atom stereocenters. The Morgan fingerprint density at radius 2 is 1.22 bits per heavy atom. The summed E-state index contributed by atoms with van der Waals surface area (Å²) >= 11 is 4.18. The summed E-state index contributed by atoms with van der Waals surface area (Å²) in [5, 5.41) is 13.3. The smallest absolute Gasteiger partial charge is 0.355 e. The molecule has 0 bridgehead atoms. The molecular formula is C63H50N6O6S3. The molecule has 4 heterocycles. The molecule has 15 heteroatoms. The van der Waals surface area contributed by atoms with Crippen LogP contribution in [0.4, 0.5) is 5.13 Å². The van der Waals surface area contributed by atoms with Crippen molar-refractivity contribution in [3.8, 4) is 5.75 Å². The number of thiazole rings is 2. The standard InChI is InChI=1S/C63H50N6O6S3/c1-73-51-35-32-43(33-36-51)39-74-60(72)56-44(34-37-52-38-64-42-78-52)40-76-59-55(58(71)69(56)59)66-57(70)54(68-75-63(48-26-14-5-15-27-48,49-28-16-6-17-29-49)50-30-18-7-19-31-50)53-41-77-61(65-53)67-62(45-20-8-2-9-21-45,46-22-10-3-11-23-46)47-24-12-4-13-25-47/h2-38,41-42,55,59H,39-40H2,1H3,(H,65,67)(H,66,70)/t55?,59-/m1/s1. The van der Waals surface area contributed by atoms with Gasteiger partial charge in [0.2, 0.25) is 5.60 Å². The van der Waals surface area contributed by atoms with Gasteiger partial charge in [0.15, 0.2) is 10.8 Å². The number of hydrogen-bond acceptors (Lipinski definition) is 13. The molecule has 1 saturated heterocycles. The van der Waals surface area contributed by atoms with E-state index in [-0.39, 0.29) is 23.7 Å². The molecule has 78 heavy (non-hydrogen) atoms. The maximum atomic E-state index is 15.4. The highest BCUT2D eigenvalue weighted by Gasteiger charge is 2.55. The summed E-state index contributed by atoms with van der Waals surface area (Å²) in [7, 11) is 1.58. The van der Waals surface area contributed by atoms with Gasteiger partial charge in [-0.15, -0.1) is 34.4 Å². The van der Waals surface area contributed by atoms with Crippen molar-refractivity contribution in [1.29, 1.82) is 0 Å². The Bertz CT molecular complexity index is 3410. The second-order valence-corrected chi connectivity index (χ2v) is 21.1. The molecule has 0 saturated carbocycles. The highest BCUT2D eigenvalue weighted by atomic mass is 32.2. The molecule has 386 valence electrons. The first-order chi connectivity index (χ1) is 38.4. The summed E-state index contributed by atoms with van der Waals surface area (Å²) in [6.07, 6.45) is 5.40. The van der Waals surface area contributed by atoms with Crippen LogP contribution in [-0.2, 0) is 41.7 Å². The molecule has 11 rings (SSSR count). The van der Waals surface area contributed by atoms with Gasteiger partial charge in [0, 0.05) is 38.9 Å². The van der Waals surface area contributed by atoms with E-state index in [1.807, 2.05) is 170 Å². The minimum atomic E-state index is -1.37. The van der Waals surface area contributed by atoms with Crippen LogP contribution in [0.15, 0.2) is 246 Å². The third kappa shape index (κ3) is 10.3. The molecule has 0 aliphatic carbocycles. The van der Waals surface area contributed by atoms with Crippen LogP contribution >= 0.6 is 34.4 Å². The lowest BCUT2D eigenvalue weighted by Gasteiger charge is -2.49. The van der Waals surface area contributed by atoms with Crippen molar-refractivity contribution in [1.82, 2.24) is 20.2 Å². The molecule has 2 aliphatic heterocycles. The van der Waals surface area contributed by atoms with Gasteiger partial charge in [0.1, 0.15) is 40.7 Å². The Kier molecular flexibility index (Phi) is 15.2. The van der Waals surface area contributed by atoms with Gasteiger partial charge in [0.25, 0.3) is 11.8 Å². The van der Waals surface area contributed by atoms with Crippen LogP contribution in [0.5, 0.6) is 5.75 Å². The minimum Gasteiger partial charge on any atom is -0.497 e. The maximum absolute atomic E-state index is 15.4. The number of methoxy groups -OCH3 is 1. The van der Waals surface area contributed by atoms with Gasteiger partial charge in [-0.25, -0.2) is 9.78 Å². The molecule has 2 amide bonds. The van der Waals surface area contributed by atoms with E-state index in [4.69, 9.17) is 24.5 Å². The first-order valence-electron chi connectivity index (χ1n) is 25.0. The molecule has 1 unspecified atom stereocenters. The molecule has 2 aromatic heterocycles. The van der Waals surface area contributed by atoms with Crippen LogP contribution in [0.25, 0.3) is 6.08 Å². The van der Waals surface area contributed by atoms with Crippen LogP contribution in [0.3, 0.4) is 0 Å². The number of fused-ring (bicyclic) bond motifs is 1. The first-order valence-corrected chi connectivity index (χ1v) is 27.9. The fourth-order valence-electron chi connectivity index (χ4n) is 9.78. The fraction of sp³-hybridized carbons (Fsp3) is 0.111. The number of ether oxygens (including phenoxy) is 2.